The number of benzene rings is 1. The van der Waals surface area contributed by atoms with Gasteiger partial charge in [-0.15, -0.1) is 0 Å². The Kier molecular flexibility index (Phi) is 3.95. The zero-order chi connectivity index (χ0) is 14.0. The molecule has 1 aromatic carbocycles. The molecule has 0 bridgehead atoms. The van der Waals surface area contributed by atoms with E-state index in [0.29, 0.717) is 0 Å². The highest BCUT2D eigenvalue weighted by Crippen LogP contribution is 2.33. The zero-order valence-corrected chi connectivity index (χ0v) is 12.4. The van der Waals surface area contributed by atoms with Gasteiger partial charge >= 0.3 is 0 Å². The zero-order valence-electron chi connectivity index (χ0n) is 12.4. The maximum atomic E-state index is 12.8. The quantitative estimate of drug-likeness (QED) is 0.906. The van der Waals surface area contributed by atoms with Crippen LogP contribution in [0.25, 0.3) is 0 Å². The van der Waals surface area contributed by atoms with Crippen LogP contribution in [-0.4, -0.2) is 26.0 Å². The number of rotatable bonds is 3. The van der Waals surface area contributed by atoms with Crippen LogP contribution < -0.4 is 10.2 Å². The molecule has 1 unspecified atom stereocenters. The first-order chi connectivity index (χ1) is 8.98. The van der Waals surface area contributed by atoms with Gasteiger partial charge in [-0.1, -0.05) is 13.0 Å². The third-order valence-electron chi connectivity index (χ3n) is 4.27. The SMILES string of the molecule is CCC1(C(=O)N(C)c2cc(C)cc(C)c2)CCNC1. The molecule has 0 aromatic heterocycles. The minimum Gasteiger partial charge on any atom is -0.316 e. The molecule has 3 nitrogen and oxygen atoms in total. The molecule has 3 heteroatoms. The van der Waals surface area contributed by atoms with E-state index in [2.05, 4.69) is 44.3 Å². The molecule has 1 N–H and O–H groups in total. The summed E-state index contributed by atoms with van der Waals surface area (Å²) < 4.78 is 0. The van der Waals surface area contributed by atoms with E-state index in [9.17, 15) is 4.79 Å². The van der Waals surface area contributed by atoms with Crippen molar-refractivity contribution in [3.63, 3.8) is 0 Å². The van der Waals surface area contributed by atoms with E-state index in [0.717, 1.165) is 31.6 Å². The van der Waals surface area contributed by atoms with Gasteiger partial charge in [0.25, 0.3) is 0 Å². The molecule has 1 aromatic rings. The number of carbonyl (C=O) groups is 1. The lowest BCUT2D eigenvalue weighted by molar-refractivity contribution is -0.127. The van der Waals surface area contributed by atoms with Crippen LogP contribution >= 0.6 is 0 Å². The summed E-state index contributed by atoms with van der Waals surface area (Å²) in [6, 6.07) is 6.29. The minimum absolute atomic E-state index is 0.216. The molecule has 1 aliphatic rings. The fraction of sp³-hybridized carbons (Fsp3) is 0.562. The summed E-state index contributed by atoms with van der Waals surface area (Å²) in [5.41, 5.74) is 3.18. The van der Waals surface area contributed by atoms with E-state index in [1.54, 1.807) is 0 Å². The Balaban J connectivity index is 2.27. The van der Waals surface area contributed by atoms with Crippen molar-refractivity contribution in [3.05, 3.63) is 29.3 Å². The van der Waals surface area contributed by atoms with Gasteiger partial charge in [-0.2, -0.15) is 0 Å². The number of carbonyl (C=O) groups excluding carboxylic acids is 1. The van der Waals surface area contributed by atoms with Crippen molar-refractivity contribution in [1.29, 1.82) is 0 Å². The third-order valence-corrected chi connectivity index (χ3v) is 4.27. The second-order valence-corrected chi connectivity index (χ2v) is 5.77. The van der Waals surface area contributed by atoms with E-state index in [-0.39, 0.29) is 11.3 Å². The predicted molar refractivity (Wildman–Crippen MR) is 79.5 cm³/mol. The molecule has 1 fully saturated rings. The molecule has 1 heterocycles. The maximum Gasteiger partial charge on any atom is 0.234 e. The molecule has 1 amide bonds. The fourth-order valence-corrected chi connectivity index (χ4v) is 3.00. The molecule has 1 atom stereocenters. The molecule has 104 valence electrons. The van der Waals surface area contributed by atoms with Crippen molar-refractivity contribution < 1.29 is 4.79 Å². The van der Waals surface area contributed by atoms with Crippen LogP contribution in [0, 0.1) is 19.3 Å². The topological polar surface area (TPSA) is 32.3 Å². The van der Waals surface area contributed by atoms with Crippen molar-refractivity contribution in [2.24, 2.45) is 5.41 Å². The third kappa shape index (κ3) is 2.66. The molecule has 0 aliphatic carbocycles. The maximum absolute atomic E-state index is 12.8. The lowest BCUT2D eigenvalue weighted by Gasteiger charge is -2.31. The summed E-state index contributed by atoms with van der Waals surface area (Å²) in [5.74, 6) is 0.241. The Morgan fingerprint density at radius 3 is 2.42 bits per heavy atom. The van der Waals surface area contributed by atoms with Crippen LogP contribution in [0.5, 0.6) is 0 Å². The highest BCUT2D eigenvalue weighted by Gasteiger charge is 2.41. The van der Waals surface area contributed by atoms with Crippen molar-refractivity contribution in [2.45, 2.75) is 33.6 Å². The van der Waals surface area contributed by atoms with Gasteiger partial charge in [-0.25, -0.2) is 0 Å². The van der Waals surface area contributed by atoms with Gasteiger partial charge in [0, 0.05) is 19.3 Å². The van der Waals surface area contributed by atoms with Crippen LogP contribution in [0.3, 0.4) is 0 Å². The molecule has 0 radical (unpaired) electrons. The smallest absolute Gasteiger partial charge is 0.234 e. The van der Waals surface area contributed by atoms with Gasteiger partial charge in [0.2, 0.25) is 5.91 Å². The van der Waals surface area contributed by atoms with Crippen LogP contribution in [0.15, 0.2) is 18.2 Å². The number of nitrogens with zero attached hydrogens (tertiary/aromatic N) is 1. The number of aryl methyl sites for hydroxylation is 2. The van der Waals surface area contributed by atoms with Gasteiger partial charge in [0.1, 0.15) is 0 Å². The second-order valence-electron chi connectivity index (χ2n) is 5.77. The monoisotopic (exact) mass is 260 g/mol. The van der Waals surface area contributed by atoms with E-state index >= 15 is 0 Å². The van der Waals surface area contributed by atoms with Crippen molar-refractivity contribution in [3.8, 4) is 0 Å². The van der Waals surface area contributed by atoms with Crippen molar-refractivity contribution in [2.75, 3.05) is 25.0 Å². The van der Waals surface area contributed by atoms with Crippen molar-refractivity contribution >= 4 is 11.6 Å². The number of hydrogen-bond donors (Lipinski definition) is 1. The summed E-state index contributed by atoms with van der Waals surface area (Å²) >= 11 is 0. The van der Waals surface area contributed by atoms with Gasteiger partial charge in [0.05, 0.1) is 5.41 Å². The summed E-state index contributed by atoms with van der Waals surface area (Å²) in [7, 11) is 1.90. The normalized spacial score (nSPS) is 22.5. The molecular formula is C16H24N2O. The van der Waals surface area contributed by atoms with Gasteiger partial charge in [0.15, 0.2) is 0 Å². The molecule has 0 saturated carbocycles. The first kappa shape index (κ1) is 14.1. The molecule has 2 rings (SSSR count). The van der Waals surface area contributed by atoms with Crippen molar-refractivity contribution in [1.82, 2.24) is 5.32 Å². The average molecular weight is 260 g/mol. The van der Waals surface area contributed by atoms with Gasteiger partial charge in [-0.05, 0) is 56.5 Å². The highest BCUT2D eigenvalue weighted by molar-refractivity contribution is 5.97. The largest absolute Gasteiger partial charge is 0.316 e. The molecular weight excluding hydrogens is 236 g/mol. The van der Waals surface area contributed by atoms with E-state index in [1.807, 2.05) is 11.9 Å². The van der Waals surface area contributed by atoms with Crippen LogP contribution in [0.1, 0.15) is 30.9 Å². The molecule has 19 heavy (non-hydrogen) atoms. The number of amides is 1. The number of hydrogen-bond acceptors (Lipinski definition) is 2. The number of nitrogens with one attached hydrogen (secondary N) is 1. The highest BCUT2D eigenvalue weighted by atomic mass is 16.2. The summed E-state index contributed by atoms with van der Waals surface area (Å²) in [4.78, 5) is 14.6. The van der Waals surface area contributed by atoms with Gasteiger partial charge in [-0.3, -0.25) is 4.79 Å². The Morgan fingerprint density at radius 1 is 1.32 bits per heavy atom. The Labute approximate surface area is 116 Å². The second kappa shape index (κ2) is 5.33. The van der Waals surface area contributed by atoms with Gasteiger partial charge < -0.3 is 10.2 Å². The lowest BCUT2D eigenvalue weighted by Crippen LogP contribution is -2.43. The Hall–Kier alpha value is -1.35. The number of anilines is 1. The first-order valence-electron chi connectivity index (χ1n) is 7.06. The minimum atomic E-state index is -0.216. The summed E-state index contributed by atoms with van der Waals surface area (Å²) in [5, 5.41) is 3.33. The Bertz CT molecular complexity index is 455. The van der Waals surface area contributed by atoms with E-state index < -0.39 is 0 Å². The standard InChI is InChI=1S/C16H24N2O/c1-5-16(6-7-17-11-16)15(19)18(4)14-9-12(2)8-13(3)10-14/h8-10,17H,5-7,11H2,1-4H3. The van der Waals surface area contributed by atoms with Crippen LogP contribution in [0.4, 0.5) is 5.69 Å². The van der Waals surface area contributed by atoms with Crippen LogP contribution in [0.2, 0.25) is 0 Å². The summed E-state index contributed by atoms with van der Waals surface area (Å²) in [6.45, 7) is 8.00. The fourth-order valence-electron chi connectivity index (χ4n) is 3.00. The summed E-state index contributed by atoms with van der Waals surface area (Å²) in [6.07, 6.45) is 1.84. The lowest BCUT2D eigenvalue weighted by atomic mass is 9.82. The first-order valence-corrected chi connectivity index (χ1v) is 7.06. The van der Waals surface area contributed by atoms with Crippen LogP contribution in [-0.2, 0) is 4.79 Å². The van der Waals surface area contributed by atoms with E-state index in [1.165, 1.54) is 11.1 Å². The molecule has 1 aliphatic heterocycles. The van der Waals surface area contributed by atoms with E-state index in [4.69, 9.17) is 0 Å². The average Bonchev–Trinajstić information content (AvgIpc) is 2.85. The predicted octanol–water partition coefficient (Wildman–Crippen LogP) is 2.66. The molecule has 0 spiro atoms. The molecule has 1 saturated heterocycles. The Morgan fingerprint density at radius 2 is 1.95 bits per heavy atom.